The van der Waals surface area contributed by atoms with E-state index in [0.717, 1.165) is 77.0 Å². The Kier molecular flexibility index (Phi) is 33.6. The van der Waals surface area contributed by atoms with E-state index < -0.39 is 32.5 Å². The van der Waals surface area contributed by atoms with Crippen LogP contribution in [0.2, 0.25) is 0 Å². The molecule has 0 heterocycles. The molecule has 1 unspecified atom stereocenters. The number of nitrogens with zero attached hydrogens (tertiary/aromatic N) is 1. The van der Waals surface area contributed by atoms with Gasteiger partial charge in [0.05, 0.1) is 33.5 Å². The maximum Gasteiger partial charge on any atom is 0.306 e. The Morgan fingerprint density at radius 2 is 1.15 bits per heavy atom. The first-order valence-electron chi connectivity index (χ1n) is 21.2. The summed E-state index contributed by atoms with van der Waals surface area (Å²) >= 11 is 0. The molecule has 0 aromatic carbocycles. The Morgan fingerprint density at radius 1 is 0.642 bits per heavy atom. The van der Waals surface area contributed by atoms with Crippen LogP contribution in [0.1, 0.15) is 181 Å². The summed E-state index contributed by atoms with van der Waals surface area (Å²) < 4.78 is 33.8. The highest BCUT2D eigenvalue weighted by Crippen LogP contribution is 2.38. The minimum absolute atomic E-state index is 0.0412. The Labute approximate surface area is 324 Å². The summed E-state index contributed by atoms with van der Waals surface area (Å²) in [5, 5.41) is 9.87. The molecule has 0 aliphatic carbocycles. The van der Waals surface area contributed by atoms with Crippen molar-refractivity contribution in [3.63, 3.8) is 0 Å². The van der Waals surface area contributed by atoms with E-state index >= 15 is 0 Å². The molecule has 53 heavy (non-hydrogen) atoms. The Bertz CT molecular complexity index is 996. The highest BCUT2D eigenvalue weighted by atomic mass is 31.2. The molecule has 0 fully saturated rings. The summed E-state index contributed by atoms with van der Waals surface area (Å²) in [5.74, 6) is -0.397. The van der Waals surface area contributed by atoms with Gasteiger partial charge in [-0.15, -0.1) is 0 Å². The number of likely N-dealkylation sites (N-methyl/N-ethyl adjacent to an activating group) is 1. The smallest absolute Gasteiger partial charge is 0.306 e. The Hall–Kier alpha value is -1.71. The molecule has 11 heteroatoms. The third-order valence-electron chi connectivity index (χ3n) is 9.07. The van der Waals surface area contributed by atoms with Gasteiger partial charge in [-0.2, -0.15) is 0 Å². The van der Waals surface area contributed by atoms with E-state index in [1.807, 2.05) is 27.2 Å². The number of phosphoric acid groups is 1. The van der Waals surface area contributed by atoms with Gasteiger partial charge in [0, 0.05) is 19.3 Å². The van der Waals surface area contributed by atoms with Gasteiger partial charge in [0.15, 0.2) is 6.10 Å². The number of hydrogen-bond acceptors (Lipinski definition) is 9. The largest absolute Gasteiger partial charge is 0.756 e. The summed E-state index contributed by atoms with van der Waals surface area (Å²) in [7, 11) is 1.13. The van der Waals surface area contributed by atoms with Crippen LogP contribution in [0.25, 0.3) is 0 Å². The molecule has 1 N–H and O–H groups in total. The molecule has 0 aliphatic heterocycles. The van der Waals surface area contributed by atoms with E-state index in [4.69, 9.17) is 18.5 Å². The minimum atomic E-state index is -4.63. The van der Waals surface area contributed by atoms with Crippen molar-refractivity contribution < 1.29 is 47.2 Å². The van der Waals surface area contributed by atoms with Crippen LogP contribution in [0.3, 0.4) is 0 Å². The lowest BCUT2D eigenvalue weighted by molar-refractivity contribution is -0.870. The average Bonchev–Trinajstić information content (AvgIpc) is 3.09. The molecule has 0 rings (SSSR count). The highest BCUT2D eigenvalue weighted by molar-refractivity contribution is 7.45. The number of ether oxygens (including phenoxy) is 2. The summed E-state index contributed by atoms with van der Waals surface area (Å²) in [6, 6.07) is 0. The highest BCUT2D eigenvalue weighted by Gasteiger charge is 2.21. The molecular formula is C42H80NO9P. The van der Waals surface area contributed by atoms with Gasteiger partial charge in [-0.3, -0.25) is 14.2 Å². The van der Waals surface area contributed by atoms with Crippen molar-refractivity contribution in [1.82, 2.24) is 0 Å². The predicted octanol–water partition coefficient (Wildman–Crippen LogP) is 10.8. The quantitative estimate of drug-likeness (QED) is 0.0163. The van der Waals surface area contributed by atoms with Crippen molar-refractivity contribution >= 4 is 19.8 Å². The fraction of sp³-hybridized carbons (Fsp3) is 0.857. The van der Waals surface area contributed by atoms with E-state index in [1.165, 1.54) is 64.2 Å². The van der Waals surface area contributed by atoms with Gasteiger partial charge in [-0.1, -0.05) is 129 Å². The number of aliphatic hydroxyl groups excluding tert-OH is 1. The van der Waals surface area contributed by atoms with Crippen LogP contribution in [-0.4, -0.2) is 75.1 Å². The van der Waals surface area contributed by atoms with Crippen LogP contribution >= 0.6 is 7.82 Å². The summed E-state index contributed by atoms with van der Waals surface area (Å²) in [4.78, 5) is 37.4. The van der Waals surface area contributed by atoms with Crippen molar-refractivity contribution in [2.75, 3.05) is 47.5 Å². The molecule has 0 radical (unpaired) electrons. The number of unbranched alkanes of at least 4 members (excludes halogenated alkanes) is 19. The molecule has 0 saturated carbocycles. The zero-order valence-corrected chi connectivity index (χ0v) is 35.5. The van der Waals surface area contributed by atoms with Gasteiger partial charge in [0.25, 0.3) is 7.82 Å². The maximum atomic E-state index is 12.6. The molecule has 0 saturated heterocycles. The minimum Gasteiger partial charge on any atom is -0.756 e. The van der Waals surface area contributed by atoms with Crippen LogP contribution in [0, 0.1) is 0 Å². The van der Waals surface area contributed by atoms with Crippen LogP contribution in [0.4, 0.5) is 0 Å². The number of hydrogen-bond donors (Lipinski definition) is 1. The number of quaternary nitrogens is 1. The van der Waals surface area contributed by atoms with Crippen molar-refractivity contribution in [3.8, 4) is 0 Å². The predicted molar refractivity (Wildman–Crippen MR) is 214 cm³/mol. The molecule has 312 valence electrons. The summed E-state index contributed by atoms with van der Waals surface area (Å²) in [6.07, 6.45) is 31.8. The molecule has 0 aliphatic rings. The van der Waals surface area contributed by atoms with Gasteiger partial charge in [0.2, 0.25) is 0 Å². The number of carbonyl (C=O) groups is 2. The molecule has 0 amide bonds. The van der Waals surface area contributed by atoms with Crippen LogP contribution < -0.4 is 4.89 Å². The van der Waals surface area contributed by atoms with Crippen LogP contribution in [0.5, 0.6) is 0 Å². The number of phosphoric ester groups is 1. The normalized spacial score (nSPS) is 14.0. The lowest BCUT2D eigenvalue weighted by Crippen LogP contribution is -2.37. The molecular weight excluding hydrogens is 693 g/mol. The van der Waals surface area contributed by atoms with E-state index in [9.17, 15) is 24.2 Å². The van der Waals surface area contributed by atoms with Crippen molar-refractivity contribution in [1.29, 1.82) is 0 Å². The zero-order valence-electron chi connectivity index (χ0n) is 34.6. The topological polar surface area (TPSA) is 131 Å². The first kappa shape index (κ1) is 51.3. The number of allylic oxidation sites excluding steroid dienone is 4. The zero-order chi connectivity index (χ0) is 39.5. The second kappa shape index (κ2) is 34.8. The number of rotatable bonds is 38. The molecule has 2 atom stereocenters. The number of carbonyl (C=O) groups excluding carboxylic acids is 2. The molecule has 10 nitrogen and oxygen atoms in total. The maximum absolute atomic E-state index is 12.6. The van der Waals surface area contributed by atoms with Crippen molar-refractivity contribution in [2.45, 2.75) is 187 Å². The van der Waals surface area contributed by atoms with Gasteiger partial charge in [-0.25, -0.2) is 0 Å². The van der Waals surface area contributed by atoms with Crippen molar-refractivity contribution in [3.05, 3.63) is 24.0 Å². The van der Waals surface area contributed by atoms with Gasteiger partial charge >= 0.3 is 11.9 Å². The SMILES string of the molecule is CCCC/C=C(/O)CC/C=C\CCCCCCCC(=O)O[C@H](COC(=O)CCCCCCCCCCCCCCC)COP(=O)([O-])OCC[N+](C)(C)C. The lowest BCUT2D eigenvalue weighted by Gasteiger charge is -2.28. The fourth-order valence-corrected chi connectivity index (χ4v) is 6.38. The van der Waals surface area contributed by atoms with Gasteiger partial charge in [0.1, 0.15) is 19.8 Å². The standard InChI is InChI=1S/C42H80NO9P/c1-6-8-10-11-12-13-14-15-16-19-22-25-29-33-41(45)49-37-40(38-51-53(47,48)50-36-35-43(3,4)5)52-42(46)34-30-26-23-20-17-18-21-24-28-32-39(44)31-27-9-7-2/h21,24,31,40H,6-20,22-23,25-30,32-38H2,1-5H3,(H-,44,47,48)/b24-21-,39-31+/t40-/m1/s1. The molecule has 0 spiro atoms. The number of aliphatic hydroxyl groups is 1. The van der Waals surface area contributed by atoms with Crippen LogP contribution in [-0.2, 0) is 32.7 Å². The van der Waals surface area contributed by atoms with Gasteiger partial charge in [-0.05, 0) is 51.0 Å². The summed E-state index contributed by atoms with van der Waals surface area (Å²) in [5.41, 5.74) is 0. The van der Waals surface area contributed by atoms with E-state index in [1.54, 1.807) is 0 Å². The second-order valence-electron chi connectivity index (χ2n) is 15.5. The Balaban J connectivity index is 4.43. The molecule has 0 bridgehead atoms. The number of esters is 2. The van der Waals surface area contributed by atoms with E-state index in [0.29, 0.717) is 29.6 Å². The van der Waals surface area contributed by atoms with Crippen molar-refractivity contribution in [2.24, 2.45) is 0 Å². The third-order valence-corrected chi connectivity index (χ3v) is 10.0. The Morgan fingerprint density at radius 3 is 1.72 bits per heavy atom. The molecule has 0 aromatic rings. The van der Waals surface area contributed by atoms with E-state index in [2.05, 4.69) is 26.0 Å². The third kappa shape index (κ3) is 38.4. The van der Waals surface area contributed by atoms with E-state index in [-0.39, 0.29) is 26.1 Å². The monoisotopic (exact) mass is 774 g/mol. The summed E-state index contributed by atoms with van der Waals surface area (Å²) in [6.45, 7) is 4.05. The lowest BCUT2D eigenvalue weighted by atomic mass is 10.0. The fourth-order valence-electron chi connectivity index (χ4n) is 5.65. The second-order valence-corrected chi connectivity index (χ2v) is 16.9. The first-order chi connectivity index (χ1) is 25.4. The molecule has 0 aromatic heterocycles. The van der Waals surface area contributed by atoms with Gasteiger partial charge < -0.3 is 33.0 Å². The van der Waals surface area contributed by atoms with Crippen LogP contribution in [0.15, 0.2) is 24.0 Å². The first-order valence-corrected chi connectivity index (χ1v) is 22.6. The average molecular weight is 774 g/mol.